The minimum absolute atomic E-state index is 0.114. The van der Waals surface area contributed by atoms with E-state index < -0.39 is 0 Å². The molecule has 102 valence electrons. The average Bonchev–Trinajstić information content (AvgIpc) is 2.47. The molecule has 2 aromatic rings. The zero-order valence-electron chi connectivity index (χ0n) is 11.6. The highest BCUT2D eigenvalue weighted by Gasteiger charge is 2.10. The first-order chi connectivity index (χ1) is 9.61. The molecule has 3 heteroatoms. The lowest BCUT2D eigenvalue weighted by atomic mass is 9.97. The lowest BCUT2D eigenvalue weighted by molar-refractivity contribution is -0.114. The molecule has 0 heterocycles. The van der Waals surface area contributed by atoms with E-state index in [2.05, 4.69) is 11.9 Å². The van der Waals surface area contributed by atoms with Crippen LogP contribution in [0.1, 0.15) is 18.1 Å². The molecule has 0 unspecified atom stereocenters. The van der Waals surface area contributed by atoms with E-state index in [1.807, 2.05) is 48.5 Å². The number of hydrogen-bond donors (Lipinski definition) is 1. The van der Waals surface area contributed by atoms with Gasteiger partial charge in [-0.2, -0.15) is 0 Å². The number of nitrogens with one attached hydrogen (secondary N) is 1. The van der Waals surface area contributed by atoms with Crippen LogP contribution < -0.4 is 10.1 Å². The largest absolute Gasteiger partial charge is 0.497 e. The number of methoxy groups -OCH3 is 1. The summed E-state index contributed by atoms with van der Waals surface area (Å²) >= 11 is 0. The Morgan fingerprint density at radius 2 is 1.85 bits per heavy atom. The van der Waals surface area contributed by atoms with E-state index in [0.717, 1.165) is 28.1 Å². The molecule has 0 aliphatic rings. The predicted molar refractivity (Wildman–Crippen MR) is 81.9 cm³/mol. The van der Waals surface area contributed by atoms with E-state index in [0.29, 0.717) is 0 Å². The van der Waals surface area contributed by atoms with Crippen molar-refractivity contribution in [1.29, 1.82) is 0 Å². The van der Waals surface area contributed by atoms with Gasteiger partial charge in [0.1, 0.15) is 5.75 Å². The summed E-state index contributed by atoms with van der Waals surface area (Å²) < 4.78 is 5.25. The minimum Gasteiger partial charge on any atom is -0.497 e. The van der Waals surface area contributed by atoms with E-state index in [-0.39, 0.29) is 5.91 Å². The molecule has 2 aromatic carbocycles. The molecule has 0 aliphatic carbocycles. The molecule has 0 radical (unpaired) electrons. The van der Waals surface area contributed by atoms with Crippen LogP contribution in [0.3, 0.4) is 0 Å². The fraction of sp³-hybridized carbons (Fsp3) is 0.118. The van der Waals surface area contributed by atoms with Crippen LogP contribution in [0.25, 0.3) is 5.57 Å². The van der Waals surface area contributed by atoms with Crippen LogP contribution in [-0.2, 0) is 4.79 Å². The third kappa shape index (κ3) is 3.06. The second-order valence-electron chi connectivity index (χ2n) is 4.44. The van der Waals surface area contributed by atoms with Crippen molar-refractivity contribution in [3.05, 3.63) is 66.2 Å². The van der Waals surface area contributed by atoms with Gasteiger partial charge in [-0.25, -0.2) is 0 Å². The van der Waals surface area contributed by atoms with Gasteiger partial charge in [-0.3, -0.25) is 4.79 Å². The summed E-state index contributed by atoms with van der Waals surface area (Å²) in [5.41, 5.74) is 3.43. The molecule has 2 rings (SSSR count). The predicted octanol–water partition coefficient (Wildman–Crippen LogP) is 3.72. The third-order valence-electron chi connectivity index (χ3n) is 2.98. The summed E-state index contributed by atoms with van der Waals surface area (Å²) in [7, 11) is 1.61. The zero-order chi connectivity index (χ0) is 14.5. The van der Waals surface area contributed by atoms with Crippen LogP contribution >= 0.6 is 0 Å². The number of amides is 1. The van der Waals surface area contributed by atoms with Gasteiger partial charge in [0.25, 0.3) is 0 Å². The van der Waals surface area contributed by atoms with Crippen molar-refractivity contribution in [2.45, 2.75) is 6.92 Å². The maximum atomic E-state index is 11.3. The van der Waals surface area contributed by atoms with Crippen LogP contribution in [0.2, 0.25) is 0 Å². The van der Waals surface area contributed by atoms with E-state index in [1.165, 1.54) is 6.92 Å². The molecular weight excluding hydrogens is 250 g/mol. The van der Waals surface area contributed by atoms with Gasteiger partial charge in [-0.1, -0.05) is 36.9 Å². The monoisotopic (exact) mass is 267 g/mol. The first kappa shape index (κ1) is 13.9. The van der Waals surface area contributed by atoms with E-state index >= 15 is 0 Å². The van der Waals surface area contributed by atoms with Crippen molar-refractivity contribution in [1.82, 2.24) is 0 Å². The van der Waals surface area contributed by atoms with E-state index in [4.69, 9.17) is 4.74 Å². The SMILES string of the molecule is C=C(c1ccccc1)c1cc(OC)ccc1NC(C)=O. The molecule has 0 spiro atoms. The Balaban J connectivity index is 2.47. The van der Waals surface area contributed by atoms with Crippen molar-refractivity contribution in [2.24, 2.45) is 0 Å². The standard InChI is InChI=1S/C17H17NO2/c1-12(14-7-5-4-6-8-14)16-11-15(20-3)9-10-17(16)18-13(2)19/h4-11H,1H2,2-3H3,(H,18,19). The lowest BCUT2D eigenvalue weighted by Gasteiger charge is -2.14. The van der Waals surface area contributed by atoms with Gasteiger partial charge in [0, 0.05) is 18.2 Å². The Labute approximate surface area is 118 Å². The van der Waals surface area contributed by atoms with E-state index in [9.17, 15) is 4.79 Å². The van der Waals surface area contributed by atoms with Crippen LogP contribution in [0.15, 0.2) is 55.1 Å². The Hall–Kier alpha value is -2.55. The molecule has 0 saturated carbocycles. The molecule has 0 saturated heterocycles. The Kier molecular flexibility index (Phi) is 4.20. The topological polar surface area (TPSA) is 38.3 Å². The molecule has 0 fully saturated rings. The van der Waals surface area contributed by atoms with Gasteiger partial charge >= 0.3 is 0 Å². The fourth-order valence-electron chi connectivity index (χ4n) is 1.99. The molecule has 0 aliphatic heterocycles. The maximum Gasteiger partial charge on any atom is 0.221 e. The number of carbonyl (C=O) groups excluding carboxylic acids is 1. The van der Waals surface area contributed by atoms with Gasteiger partial charge in [0.2, 0.25) is 5.91 Å². The quantitative estimate of drug-likeness (QED) is 0.917. The molecule has 0 bridgehead atoms. The molecule has 3 nitrogen and oxygen atoms in total. The highest BCUT2D eigenvalue weighted by atomic mass is 16.5. The normalized spacial score (nSPS) is 9.90. The number of anilines is 1. The summed E-state index contributed by atoms with van der Waals surface area (Å²) in [4.78, 5) is 11.3. The summed E-state index contributed by atoms with van der Waals surface area (Å²) in [5.74, 6) is 0.614. The first-order valence-corrected chi connectivity index (χ1v) is 6.32. The van der Waals surface area contributed by atoms with Crippen molar-refractivity contribution < 1.29 is 9.53 Å². The van der Waals surface area contributed by atoms with Crippen LogP contribution in [0.5, 0.6) is 5.75 Å². The highest BCUT2D eigenvalue weighted by Crippen LogP contribution is 2.31. The fourth-order valence-corrected chi connectivity index (χ4v) is 1.99. The number of ether oxygens (including phenoxy) is 1. The highest BCUT2D eigenvalue weighted by molar-refractivity contribution is 5.95. The zero-order valence-corrected chi connectivity index (χ0v) is 11.6. The van der Waals surface area contributed by atoms with Crippen molar-refractivity contribution in [3.8, 4) is 5.75 Å². The lowest BCUT2D eigenvalue weighted by Crippen LogP contribution is -2.08. The number of benzene rings is 2. The third-order valence-corrected chi connectivity index (χ3v) is 2.98. The van der Waals surface area contributed by atoms with Crippen LogP contribution in [0.4, 0.5) is 5.69 Å². The van der Waals surface area contributed by atoms with Gasteiger partial charge in [0.15, 0.2) is 0 Å². The Bertz CT molecular complexity index is 633. The average molecular weight is 267 g/mol. The molecule has 1 amide bonds. The minimum atomic E-state index is -0.114. The van der Waals surface area contributed by atoms with Gasteiger partial charge in [0.05, 0.1) is 7.11 Å². The van der Waals surface area contributed by atoms with Gasteiger partial charge < -0.3 is 10.1 Å². The summed E-state index contributed by atoms with van der Waals surface area (Å²) in [6.45, 7) is 5.62. The molecule has 0 atom stereocenters. The second kappa shape index (κ2) is 6.06. The molecular formula is C17H17NO2. The summed E-state index contributed by atoms with van der Waals surface area (Å²) in [6, 6.07) is 15.4. The first-order valence-electron chi connectivity index (χ1n) is 6.32. The van der Waals surface area contributed by atoms with Crippen LogP contribution in [-0.4, -0.2) is 13.0 Å². The summed E-state index contributed by atoms with van der Waals surface area (Å²) in [5, 5.41) is 2.82. The van der Waals surface area contributed by atoms with Crippen molar-refractivity contribution >= 4 is 17.2 Å². The second-order valence-corrected chi connectivity index (χ2v) is 4.44. The van der Waals surface area contributed by atoms with E-state index in [1.54, 1.807) is 7.11 Å². The summed E-state index contributed by atoms with van der Waals surface area (Å²) in [6.07, 6.45) is 0. The van der Waals surface area contributed by atoms with Gasteiger partial charge in [-0.05, 0) is 29.3 Å². The molecule has 20 heavy (non-hydrogen) atoms. The Morgan fingerprint density at radius 1 is 1.15 bits per heavy atom. The smallest absolute Gasteiger partial charge is 0.221 e. The Morgan fingerprint density at radius 3 is 2.45 bits per heavy atom. The van der Waals surface area contributed by atoms with Gasteiger partial charge in [-0.15, -0.1) is 0 Å². The molecule has 0 aromatic heterocycles. The number of rotatable bonds is 4. The maximum absolute atomic E-state index is 11.3. The van der Waals surface area contributed by atoms with Crippen molar-refractivity contribution in [2.75, 3.05) is 12.4 Å². The van der Waals surface area contributed by atoms with Crippen molar-refractivity contribution in [3.63, 3.8) is 0 Å². The number of hydrogen-bond acceptors (Lipinski definition) is 2. The van der Waals surface area contributed by atoms with Crippen LogP contribution in [0, 0.1) is 0 Å². The molecule has 1 N–H and O–H groups in total. The number of carbonyl (C=O) groups is 1.